The van der Waals surface area contributed by atoms with Gasteiger partial charge in [-0.25, -0.2) is 18.8 Å². The van der Waals surface area contributed by atoms with E-state index >= 15 is 0 Å². The van der Waals surface area contributed by atoms with Crippen LogP contribution in [0, 0.1) is 11.7 Å². The fourth-order valence-electron chi connectivity index (χ4n) is 4.04. The molecule has 2 amide bonds. The van der Waals surface area contributed by atoms with Gasteiger partial charge in [-0.2, -0.15) is 0 Å². The summed E-state index contributed by atoms with van der Waals surface area (Å²) in [6, 6.07) is 3.95. The van der Waals surface area contributed by atoms with E-state index < -0.39 is 35.5 Å². The van der Waals surface area contributed by atoms with Crippen LogP contribution in [0.25, 0.3) is 0 Å². The Morgan fingerprint density at radius 1 is 1.38 bits per heavy atom. The summed E-state index contributed by atoms with van der Waals surface area (Å²) in [5.74, 6) is -2.37. The number of carbonyl (C=O) groups excluding carboxylic acids is 2. The van der Waals surface area contributed by atoms with E-state index in [1.54, 1.807) is 6.92 Å². The molecule has 0 spiro atoms. The highest BCUT2D eigenvalue weighted by molar-refractivity contribution is 6.03. The number of hydrogen-bond donors (Lipinski definition) is 2. The van der Waals surface area contributed by atoms with Crippen molar-refractivity contribution < 1.29 is 23.1 Å². The van der Waals surface area contributed by atoms with Crippen LogP contribution in [0.2, 0.25) is 0 Å². The van der Waals surface area contributed by atoms with Crippen molar-refractivity contribution in [2.24, 2.45) is 16.6 Å². The van der Waals surface area contributed by atoms with Crippen molar-refractivity contribution in [3.63, 3.8) is 0 Å². The smallest absolute Gasteiger partial charge is 0.275 e. The molecule has 4 atom stereocenters. The fourth-order valence-corrected chi connectivity index (χ4v) is 4.04. The topological polar surface area (TPSA) is 123 Å². The third kappa shape index (κ3) is 3.48. The minimum absolute atomic E-state index is 0.0362. The molecule has 1 aromatic carbocycles. The Morgan fingerprint density at radius 3 is 2.78 bits per heavy atom. The fraction of sp³-hybridized carbons (Fsp3) is 0.381. The first-order valence-corrected chi connectivity index (χ1v) is 9.96. The number of aromatic nitrogens is 2. The Balaban J connectivity index is 1.68. The zero-order chi connectivity index (χ0) is 23.2. The highest BCUT2D eigenvalue weighted by atomic mass is 19.1. The molecule has 32 heavy (non-hydrogen) atoms. The molecule has 4 rings (SSSR count). The van der Waals surface area contributed by atoms with Gasteiger partial charge in [0.1, 0.15) is 23.2 Å². The lowest BCUT2D eigenvalue weighted by atomic mass is 9.76. The molecule has 9 nitrogen and oxygen atoms in total. The number of benzene rings is 1. The largest absolute Gasteiger partial charge is 0.375 e. The van der Waals surface area contributed by atoms with Crippen LogP contribution < -0.4 is 11.1 Å². The number of nitrogens with zero attached hydrogens (tertiary/aromatic N) is 4. The summed E-state index contributed by atoms with van der Waals surface area (Å²) in [5, 5.41) is 2.61. The van der Waals surface area contributed by atoms with Gasteiger partial charge >= 0.3 is 0 Å². The standard InChI is InChI=1S/C21H22F2N6O3/c1-10(22)15-7-26-16(8-25-15)18(30)27-12-4-5-14(23)13(6-12)21-9-32-11(2)17(21)19(31)29(3)20(24)28-21/h4-8,10-11,17H,9H2,1-3H3,(H2,24,28)(H,27,30)/t10?,11-,17+,21-/m1/s1. The van der Waals surface area contributed by atoms with Crippen LogP contribution >= 0.6 is 0 Å². The van der Waals surface area contributed by atoms with E-state index in [0.717, 1.165) is 6.20 Å². The van der Waals surface area contributed by atoms with E-state index in [-0.39, 0.29) is 41.1 Å². The molecule has 1 aromatic heterocycles. The summed E-state index contributed by atoms with van der Waals surface area (Å²) < 4.78 is 34.0. The van der Waals surface area contributed by atoms with E-state index in [4.69, 9.17) is 10.5 Å². The number of fused-ring (bicyclic) bond motifs is 1. The van der Waals surface area contributed by atoms with E-state index in [2.05, 4.69) is 20.3 Å². The van der Waals surface area contributed by atoms with Crippen molar-refractivity contribution in [3.05, 3.63) is 53.4 Å². The number of hydrogen-bond acceptors (Lipinski definition) is 7. The number of rotatable bonds is 4. The summed E-state index contributed by atoms with van der Waals surface area (Å²) in [6.07, 6.45) is 0.518. The molecule has 1 saturated heterocycles. The third-order valence-corrected chi connectivity index (χ3v) is 5.81. The predicted molar refractivity (Wildman–Crippen MR) is 111 cm³/mol. The predicted octanol–water partition coefficient (Wildman–Crippen LogP) is 1.92. The van der Waals surface area contributed by atoms with Crippen molar-refractivity contribution in [3.8, 4) is 0 Å². The van der Waals surface area contributed by atoms with Gasteiger partial charge < -0.3 is 15.8 Å². The number of halogens is 2. The Hall–Kier alpha value is -3.47. The summed E-state index contributed by atoms with van der Waals surface area (Å²) in [6.45, 7) is 2.99. The molecule has 1 unspecified atom stereocenters. The number of nitrogens with two attached hydrogens (primary N) is 1. The number of nitrogens with one attached hydrogen (secondary N) is 1. The van der Waals surface area contributed by atoms with Crippen LogP contribution in [0.5, 0.6) is 0 Å². The summed E-state index contributed by atoms with van der Waals surface area (Å²) >= 11 is 0. The lowest BCUT2D eigenvalue weighted by molar-refractivity contribution is -0.134. The van der Waals surface area contributed by atoms with Gasteiger partial charge in [0.15, 0.2) is 5.96 Å². The quantitative estimate of drug-likeness (QED) is 0.743. The highest BCUT2D eigenvalue weighted by Gasteiger charge is 2.58. The maximum atomic E-state index is 15.0. The van der Waals surface area contributed by atoms with Crippen LogP contribution in [0.3, 0.4) is 0 Å². The number of aliphatic imine (C=N–C) groups is 1. The zero-order valence-corrected chi connectivity index (χ0v) is 17.7. The lowest BCUT2D eigenvalue weighted by Gasteiger charge is -2.38. The van der Waals surface area contributed by atoms with Crippen LogP contribution in [0.4, 0.5) is 14.5 Å². The first-order valence-electron chi connectivity index (χ1n) is 9.96. The molecule has 0 radical (unpaired) electrons. The van der Waals surface area contributed by atoms with Crippen LogP contribution in [-0.2, 0) is 15.1 Å². The average Bonchev–Trinajstić information content (AvgIpc) is 3.10. The van der Waals surface area contributed by atoms with Crippen molar-refractivity contribution in [1.82, 2.24) is 14.9 Å². The number of guanidine groups is 1. The number of amides is 2. The van der Waals surface area contributed by atoms with Crippen molar-refractivity contribution in [2.75, 3.05) is 19.0 Å². The van der Waals surface area contributed by atoms with Gasteiger partial charge in [-0.05, 0) is 32.0 Å². The molecule has 0 saturated carbocycles. The average molecular weight is 444 g/mol. The summed E-state index contributed by atoms with van der Waals surface area (Å²) in [4.78, 5) is 38.9. The minimum Gasteiger partial charge on any atom is -0.375 e. The molecular weight excluding hydrogens is 422 g/mol. The molecule has 1 fully saturated rings. The second kappa shape index (κ2) is 7.90. The maximum Gasteiger partial charge on any atom is 0.275 e. The van der Waals surface area contributed by atoms with E-state index in [1.807, 2.05) is 0 Å². The van der Waals surface area contributed by atoms with Gasteiger partial charge in [0, 0.05) is 18.3 Å². The Bertz CT molecular complexity index is 1110. The number of alkyl halides is 1. The van der Waals surface area contributed by atoms with Gasteiger partial charge in [0.2, 0.25) is 5.91 Å². The minimum atomic E-state index is -1.35. The second-order valence-corrected chi connectivity index (χ2v) is 7.88. The Morgan fingerprint density at radius 2 is 2.12 bits per heavy atom. The molecule has 0 aliphatic carbocycles. The van der Waals surface area contributed by atoms with Crippen molar-refractivity contribution >= 4 is 23.5 Å². The first-order chi connectivity index (χ1) is 15.1. The monoisotopic (exact) mass is 444 g/mol. The molecule has 0 bridgehead atoms. The van der Waals surface area contributed by atoms with E-state index in [0.29, 0.717) is 0 Å². The van der Waals surface area contributed by atoms with Gasteiger partial charge in [-0.1, -0.05) is 0 Å². The SMILES string of the molecule is CC(F)c1cnc(C(=O)Nc2ccc(F)c([C@]34CO[C@H](C)[C@H]3C(=O)N(C)C(N)=N4)c2)cn1. The second-order valence-electron chi connectivity index (χ2n) is 7.88. The molecule has 2 aromatic rings. The van der Waals surface area contributed by atoms with E-state index in [9.17, 15) is 18.4 Å². The molecule has 3 heterocycles. The van der Waals surface area contributed by atoms with Crippen LogP contribution in [0.1, 0.15) is 41.8 Å². The normalized spacial score (nSPS) is 25.8. The molecule has 2 aliphatic heterocycles. The van der Waals surface area contributed by atoms with Crippen LogP contribution in [-0.4, -0.2) is 52.4 Å². The molecule has 2 aliphatic rings. The lowest BCUT2D eigenvalue weighted by Crippen LogP contribution is -2.55. The molecule has 3 N–H and O–H groups in total. The van der Waals surface area contributed by atoms with E-state index in [1.165, 1.54) is 43.3 Å². The Labute approximate surface area is 182 Å². The summed E-state index contributed by atoms with van der Waals surface area (Å²) in [7, 11) is 1.50. The number of ether oxygens (including phenoxy) is 1. The van der Waals surface area contributed by atoms with Crippen molar-refractivity contribution in [2.45, 2.75) is 31.7 Å². The van der Waals surface area contributed by atoms with Crippen LogP contribution in [0.15, 0.2) is 35.6 Å². The van der Waals surface area contributed by atoms with Gasteiger partial charge in [0.25, 0.3) is 5.91 Å². The van der Waals surface area contributed by atoms with Gasteiger partial charge in [-0.3, -0.25) is 19.5 Å². The number of anilines is 1. The van der Waals surface area contributed by atoms with Crippen molar-refractivity contribution in [1.29, 1.82) is 0 Å². The Kier molecular flexibility index (Phi) is 5.37. The molecule has 11 heteroatoms. The highest BCUT2D eigenvalue weighted by Crippen LogP contribution is 2.47. The molecule has 168 valence electrons. The zero-order valence-electron chi connectivity index (χ0n) is 17.7. The van der Waals surface area contributed by atoms with Gasteiger partial charge in [-0.15, -0.1) is 0 Å². The summed E-state index contributed by atoms with van der Waals surface area (Å²) in [5.41, 5.74) is 4.99. The maximum absolute atomic E-state index is 15.0. The number of carbonyl (C=O) groups is 2. The van der Waals surface area contributed by atoms with Gasteiger partial charge in [0.05, 0.1) is 36.7 Å². The first kappa shape index (κ1) is 21.8. The third-order valence-electron chi connectivity index (χ3n) is 5.81. The molecular formula is C21H22F2N6O3.